The van der Waals surface area contributed by atoms with Gasteiger partial charge in [0.1, 0.15) is 5.75 Å². The van der Waals surface area contributed by atoms with Crippen LogP contribution in [0.5, 0.6) is 5.75 Å². The van der Waals surface area contributed by atoms with E-state index in [-0.39, 0.29) is 0 Å². The molecule has 0 atom stereocenters. The molecule has 0 spiro atoms. The predicted molar refractivity (Wildman–Crippen MR) is 98.3 cm³/mol. The first-order valence-corrected chi connectivity index (χ1v) is 8.08. The van der Waals surface area contributed by atoms with Gasteiger partial charge >= 0.3 is 0 Å². The highest BCUT2D eigenvalue weighted by Crippen LogP contribution is 2.27. The molecule has 0 radical (unpaired) electrons. The third kappa shape index (κ3) is 3.93. The van der Waals surface area contributed by atoms with Crippen LogP contribution in [-0.2, 0) is 13.1 Å². The molecule has 0 fully saturated rings. The standard InChI is InChI=1S/C21H22N2O/c1-17-13-20(24-2)10-11-21(17)23(15-18-7-4-3-5-8-18)16-19-9-6-12-22-14-19/h3-14H,15-16H2,1-2H3. The van der Waals surface area contributed by atoms with Crippen LogP contribution in [0.4, 0.5) is 5.69 Å². The van der Waals surface area contributed by atoms with Crippen molar-refractivity contribution < 1.29 is 4.74 Å². The Kier molecular flexibility index (Phi) is 5.12. The molecular weight excluding hydrogens is 296 g/mol. The molecule has 0 saturated heterocycles. The zero-order valence-electron chi connectivity index (χ0n) is 14.1. The third-order valence-electron chi connectivity index (χ3n) is 4.06. The molecule has 0 unspecified atom stereocenters. The number of anilines is 1. The Morgan fingerprint density at radius 1 is 0.917 bits per heavy atom. The van der Waals surface area contributed by atoms with E-state index < -0.39 is 0 Å². The van der Waals surface area contributed by atoms with Crippen LogP contribution >= 0.6 is 0 Å². The SMILES string of the molecule is COc1ccc(N(Cc2ccccc2)Cc2cccnc2)c(C)c1. The largest absolute Gasteiger partial charge is 0.497 e. The van der Waals surface area contributed by atoms with Crippen LogP contribution in [0.15, 0.2) is 73.1 Å². The van der Waals surface area contributed by atoms with Gasteiger partial charge in [0, 0.05) is 31.2 Å². The smallest absolute Gasteiger partial charge is 0.119 e. The maximum Gasteiger partial charge on any atom is 0.119 e. The first-order valence-electron chi connectivity index (χ1n) is 8.08. The summed E-state index contributed by atoms with van der Waals surface area (Å²) < 4.78 is 5.34. The molecule has 0 aliphatic heterocycles. The molecule has 0 saturated carbocycles. The molecule has 3 heteroatoms. The minimum atomic E-state index is 0.815. The summed E-state index contributed by atoms with van der Waals surface area (Å²) in [6.07, 6.45) is 3.74. The second kappa shape index (κ2) is 7.64. The minimum absolute atomic E-state index is 0.815. The molecule has 24 heavy (non-hydrogen) atoms. The lowest BCUT2D eigenvalue weighted by Gasteiger charge is -2.27. The predicted octanol–water partition coefficient (Wildman–Crippen LogP) is 4.61. The number of pyridine rings is 1. The van der Waals surface area contributed by atoms with Gasteiger partial charge in [-0.1, -0.05) is 36.4 Å². The maximum absolute atomic E-state index is 5.34. The summed E-state index contributed by atoms with van der Waals surface area (Å²) >= 11 is 0. The fourth-order valence-electron chi connectivity index (χ4n) is 2.85. The number of nitrogens with zero attached hydrogens (tertiary/aromatic N) is 2. The Bertz CT molecular complexity index is 731. The van der Waals surface area contributed by atoms with E-state index in [1.54, 1.807) is 7.11 Å². The maximum atomic E-state index is 5.34. The van der Waals surface area contributed by atoms with E-state index >= 15 is 0 Å². The second-order valence-electron chi connectivity index (χ2n) is 5.86. The van der Waals surface area contributed by atoms with Gasteiger partial charge in [0.15, 0.2) is 0 Å². The van der Waals surface area contributed by atoms with Gasteiger partial charge in [0.2, 0.25) is 0 Å². The molecule has 1 aromatic heterocycles. The zero-order chi connectivity index (χ0) is 16.8. The normalized spacial score (nSPS) is 10.4. The Morgan fingerprint density at radius 3 is 2.33 bits per heavy atom. The molecule has 3 rings (SSSR count). The highest BCUT2D eigenvalue weighted by molar-refractivity contribution is 5.56. The molecule has 3 aromatic rings. The van der Waals surface area contributed by atoms with Crippen molar-refractivity contribution in [3.8, 4) is 5.75 Å². The fourth-order valence-corrected chi connectivity index (χ4v) is 2.85. The van der Waals surface area contributed by atoms with Gasteiger partial charge in [-0.25, -0.2) is 0 Å². The number of rotatable bonds is 6. The van der Waals surface area contributed by atoms with E-state index in [0.29, 0.717) is 0 Å². The van der Waals surface area contributed by atoms with Crippen molar-refractivity contribution in [3.63, 3.8) is 0 Å². The summed E-state index contributed by atoms with van der Waals surface area (Å²) in [6, 6.07) is 20.9. The van der Waals surface area contributed by atoms with Gasteiger partial charge in [0.05, 0.1) is 7.11 Å². The molecule has 0 N–H and O–H groups in total. The van der Waals surface area contributed by atoms with Crippen molar-refractivity contribution in [2.45, 2.75) is 20.0 Å². The topological polar surface area (TPSA) is 25.4 Å². The van der Waals surface area contributed by atoms with Crippen molar-refractivity contribution in [2.24, 2.45) is 0 Å². The Balaban J connectivity index is 1.92. The lowest BCUT2D eigenvalue weighted by atomic mass is 10.1. The van der Waals surface area contributed by atoms with Crippen LogP contribution in [0.25, 0.3) is 0 Å². The quantitative estimate of drug-likeness (QED) is 0.664. The number of ether oxygens (including phenoxy) is 1. The summed E-state index contributed by atoms with van der Waals surface area (Å²) in [5, 5.41) is 0. The van der Waals surface area contributed by atoms with Gasteiger partial charge in [0.25, 0.3) is 0 Å². The van der Waals surface area contributed by atoms with Gasteiger partial charge in [-0.3, -0.25) is 4.98 Å². The lowest BCUT2D eigenvalue weighted by Crippen LogP contribution is -2.23. The van der Waals surface area contributed by atoms with Crippen molar-refractivity contribution in [2.75, 3.05) is 12.0 Å². The van der Waals surface area contributed by atoms with Crippen molar-refractivity contribution in [1.29, 1.82) is 0 Å². The van der Waals surface area contributed by atoms with Crippen LogP contribution < -0.4 is 9.64 Å². The summed E-state index contributed by atoms with van der Waals surface area (Å²) in [5.41, 5.74) is 4.90. The van der Waals surface area contributed by atoms with Crippen LogP contribution in [0.1, 0.15) is 16.7 Å². The van der Waals surface area contributed by atoms with Crippen LogP contribution in [0, 0.1) is 6.92 Å². The average Bonchev–Trinajstić information content (AvgIpc) is 2.63. The fraction of sp³-hybridized carbons (Fsp3) is 0.190. The van der Waals surface area contributed by atoms with Crippen LogP contribution in [0.2, 0.25) is 0 Å². The highest BCUT2D eigenvalue weighted by atomic mass is 16.5. The van der Waals surface area contributed by atoms with Crippen LogP contribution in [-0.4, -0.2) is 12.1 Å². The first kappa shape index (κ1) is 16.1. The van der Waals surface area contributed by atoms with Gasteiger partial charge < -0.3 is 9.64 Å². The molecule has 122 valence electrons. The van der Waals surface area contributed by atoms with Gasteiger partial charge in [-0.05, 0) is 47.9 Å². The van der Waals surface area contributed by atoms with E-state index in [9.17, 15) is 0 Å². The summed E-state index contributed by atoms with van der Waals surface area (Å²) in [7, 11) is 1.70. The number of hydrogen-bond donors (Lipinski definition) is 0. The van der Waals surface area contributed by atoms with Gasteiger partial charge in [-0.2, -0.15) is 0 Å². The molecule has 0 aliphatic carbocycles. The first-order chi connectivity index (χ1) is 11.8. The molecule has 0 amide bonds. The highest BCUT2D eigenvalue weighted by Gasteiger charge is 2.12. The zero-order valence-corrected chi connectivity index (χ0v) is 14.1. The van der Waals surface area contributed by atoms with Crippen molar-refractivity contribution in [3.05, 3.63) is 89.7 Å². The minimum Gasteiger partial charge on any atom is -0.497 e. The Morgan fingerprint density at radius 2 is 1.67 bits per heavy atom. The number of aromatic nitrogens is 1. The van der Waals surface area contributed by atoms with E-state index in [2.05, 4.69) is 59.3 Å². The van der Waals surface area contributed by atoms with E-state index in [4.69, 9.17) is 4.74 Å². The third-order valence-corrected chi connectivity index (χ3v) is 4.06. The van der Waals surface area contributed by atoms with E-state index in [1.807, 2.05) is 30.6 Å². The average molecular weight is 318 g/mol. The number of benzene rings is 2. The van der Waals surface area contributed by atoms with Crippen LogP contribution in [0.3, 0.4) is 0 Å². The molecule has 0 bridgehead atoms. The number of methoxy groups -OCH3 is 1. The monoisotopic (exact) mass is 318 g/mol. The Hall–Kier alpha value is -2.81. The van der Waals surface area contributed by atoms with Crippen molar-refractivity contribution >= 4 is 5.69 Å². The molecule has 1 heterocycles. The number of aryl methyl sites for hydroxylation is 1. The number of hydrogen-bond acceptors (Lipinski definition) is 3. The van der Waals surface area contributed by atoms with E-state index in [1.165, 1.54) is 22.4 Å². The van der Waals surface area contributed by atoms with Gasteiger partial charge in [-0.15, -0.1) is 0 Å². The molecule has 2 aromatic carbocycles. The Labute approximate surface area is 143 Å². The molecule has 0 aliphatic rings. The lowest BCUT2D eigenvalue weighted by molar-refractivity contribution is 0.414. The summed E-state index contributed by atoms with van der Waals surface area (Å²) in [4.78, 5) is 6.62. The summed E-state index contributed by atoms with van der Waals surface area (Å²) in [5.74, 6) is 0.886. The second-order valence-corrected chi connectivity index (χ2v) is 5.86. The molecule has 3 nitrogen and oxygen atoms in total. The molecular formula is C21H22N2O. The van der Waals surface area contributed by atoms with E-state index in [0.717, 1.165) is 18.8 Å². The summed E-state index contributed by atoms with van der Waals surface area (Å²) in [6.45, 7) is 3.79. The van der Waals surface area contributed by atoms with Crippen molar-refractivity contribution in [1.82, 2.24) is 4.98 Å².